The van der Waals surface area contributed by atoms with Gasteiger partial charge in [-0.3, -0.25) is 0 Å². The zero-order valence-corrected chi connectivity index (χ0v) is 30.5. The van der Waals surface area contributed by atoms with Gasteiger partial charge in [0, 0.05) is 33.1 Å². The van der Waals surface area contributed by atoms with E-state index in [-0.39, 0.29) is 0 Å². The monoisotopic (exact) mass is 710 g/mol. The summed E-state index contributed by atoms with van der Waals surface area (Å²) in [5, 5.41) is 10.1. The normalized spacial score (nSPS) is 11.9. The Kier molecular flexibility index (Phi) is 6.66. The second-order valence-electron chi connectivity index (χ2n) is 14.9. The van der Waals surface area contributed by atoms with Crippen molar-refractivity contribution in [3.8, 4) is 39.1 Å². The van der Waals surface area contributed by atoms with Gasteiger partial charge in [0.25, 0.3) is 0 Å². The van der Waals surface area contributed by atoms with E-state index in [0.717, 1.165) is 17.1 Å². The number of anilines is 3. The molecule has 10 aromatic carbocycles. The van der Waals surface area contributed by atoms with E-state index >= 15 is 0 Å². The van der Waals surface area contributed by atoms with Crippen molar-refractivity contribution >= 4 is 71.2 Å². The minimum Gasteiger partial charge on any atom is -0.310 e. The molecule has 11 aromatic rings. The molecule has 0 radical (unpaired) electrons. The second-order valence-corrected chi connectivity index (χ2v) is 14.9. The number of aromatic nitrogens is 1. The van der Waals surface area contributed by atoms with Gasteiger partial charge < -0.3 is 9.47 Å². The maximum Gasteiger partial charge on any atom is 0.0542 e. The van der Waals surface area contributed by atoms with Crippen LogP contribution in [0.5, 0.6) is 0 Å². The number of benzene rings is 10. The largest absolute Gasteiger partial charge is 0.310 e. The van der Waals surface area contributed by atoms with Crippen LogP contribution in [0.1, 0.15) is 0 Å². The molecule has 0 unspecified atom stereocenters. The third-order valence-corrected chi connectivity index (χ3v) is 11.9. The maximum atomic E-state index is 2.47. The van der Waals surface area contributed by atoms with Gasteiger partial charge in [-0.1, -0.05) is 152 Å². The van der Waals surface area contributed by atoms with Crippen molar-refractivity contribution in [1.29, 1.82) is 0 Å². The molecule has 2 nitrogen and oxygen atoms in total. The van der Waals surface area contributed by atoms with E-state index in [1.165, 1.54) is 93.2 Å². The van der Waals surface area contributed by atoms with Crippen LogP contribution in [0.3, 0.4) is 0 Å². The predicted octanol–water partition coefficient (Wildman–Crippen LogP) is 15.0. The fraction of sp³-hybridized carbons (Fsp3) is 0. The fourth-order valence-corrected chi connectivity index (χ4v) is 9.46. The molecular formula is C54H34N2. The molecule has 1 heterocycles. The molecule has 12 rings (SSSR count). The molecular weight excluding hydrogens is 677 g/mol. The van der Waals surface area contributed by atoms with Crippen molar-refractivity contribution < 1.29 is 0 Å². The summed E-state index contributed by atoms with van der Waals surface area (Å²) in [6, 6.07) is 75.8. The molecule has 0 spiro atoms. The topological polar surface area (TPSA) is 8.17 Å². The maximum absolute atomic E-state index is 2.47. The molecule has 0 saturated heterocycles. The highest BCUT2D eigenvalue weighted by atomic mass is 15.1. The van der Waals surface area contributed by atoms with E-state index in [1.807, 2.05) is 0 Å². The summed E-state index contributed by atoms with van der Waals surface area (Å²) >= 11 is 0. The zero-order valence-electron chi connectivity index (χ0n) is 30.5. The van der Waals surface area contributed by atoms with Crippen LogP contribution in [-0.4, -0.2) is 4.57 Å². The average molecular weight is 711 g/mol. The van der Waals surface area contributed by atoms with E-state index in [9.17, 15) is 0 Å². The Balaban J connectivity index is 1.12. The van der Waals surface area contributed by atoms with Gasteiger partial charge >= 0.3 is 0 Å². The summed E-state index contributed by atoms with van der Waals surface area (Å²) in [5.41, 5.74) is 14.6. The molecule has 0 bridgehead atoms. The van der Waals surface area contributed by atoms with E-state index in [1.54, 1.807) is 0 Å². The molecule has 1 aliphatic rings. The predicted molar refractivity (Wildman–Crippen MR) is 238 cm³/mol. The minimum atomic E-state index is 1.12. The van der Waals surface area contributed by atoms with E-state index in [0.29, 0.717) is 0 Å². The molecule has 0 N–H and O–H groups in total. The lowest BCUT2D eigenvalue weighted by atomic mass is 9.95. The van der Waals surface area contributed by atoms with Crippen LogP contribution >= 0.6 is 0 Å². The van der Waals surface area contributed by atoms with Crippen molar-refractivity contribution in [2.45, 2.75) is 0 Å². The van der Waals surface area contributed by atoms with Crippen LogP contribution in [0.15, 0.2) is 206 Å². The zero-order chi connectivity index (χ0) is 36.7. The van der Waals surface area contributed by atoms with Gasteiger partial charge in [0.15, 0.2) is 0 Å². The smallest absolute Gasteiger partial charge is 0.0542 e. The fourth-order valence-electron chi connectivity index (χ4n) is 9.46. The summed E-state index contributed by atoms with van der Waals surface area (Å²) in [5.74, 6) is 0. The van der Waals surface area contributed by atoms with Crippen molar-refractivity contribution in [2.24, 2.45) is 0 Å². The number of hydrogen-bond donors (Lipinski definition) is 0. The summed E-state index contributed by atoms with van der Waals surface area (Å²) < 4.78 is 2.44. The second kappa shape index (κ2) is 12.0. The third-order valence-electron chi connectivity index (χ3n) is 11.9. The van der Waals surface area contributed by atoms with E-state index < -0.39 is 0 Å². The molecule has 0 aliphatic heterocycles. The highest BCUT2D eigenvalue weighted by Crippen LogP contribution is 2.53. The van der Waals surface area contributed by atoms with Crippen LogP contribution in [0, 0.1) is 0 Å². The van der Waals surface area contributed by atoms with Crippen LogP contribution in [0.4, 0.5) is 17.1 Å². The summed E-state index contributed by atoms with van der Waals surface area (Å²) in [4.78, 5) is 2.47. The Labute approximate surface area is 324 Å². The highest BCUT2D eigenvalue weighted by molar-refractivity contribution is 6.24. The van der Waals surface area contributed by atoms with Gasteiger partial charge in [-0.25, -0.2) is 0 Å². The average Bonchev–Trinajstić information content (AvgIpc) is 3.78. The number of fused-ring (bicyclic) bond motifs is 9. The van der Waals surface area contributed by atoms with Crippen LogP contribution in [0.2, 0.25) is 0 Å². The van der Waals surface area contributed by atoms with E-state index in [2.05, 4.69) is 216 Å². The Morgan fingerprint density at radius 2 is 0.982 bits per heavy atom. The molecule has 1 aliphatic carbocycles. The number of hydrogen-bond acceptors (Lipinski definition) is 1. The molecule has 0 fully saturated rings. The molecule has 0 amide bonds. The molecule has 0 saturated carbocycles. The van der Waals surface area contributed by atoms with Crippen molar-refractivity contribution in [3.05, 3.63) is 206 Å². The van der Waals surface area contributed by atoms with E-state index in [4.69, 9.17) is 0 Å². The van der Waals surface area contributed by atoms with Gasteiger partial charge in [0.2, 0.25) is 0 Å². The lowest BCUT2D eigenvalue weighted by molar-refractivity contribution is 1.18. The first-order chi connectivity index (χ1) is 27.8. The molecule has 1 aromatic heterocycles. The summed E-state index contributed by atoms with van der Waals surface area (Å²) in [6.07, 6.45) is 0. The first kappa shape index (κ1) is 31.0. The molecule has 2 heteroatoms. The third kappa shape index (κ3) is 4.50. The Bertz CT molecular complexity index is 3370. The van der Waals surface area contributed by atoms with Crippen molar-refractivity contribution in [3.63, 3.8) is 0 Å². The van der Waals surface area contributed by atoms with Gasteiger partial charge in [-0.15, -0.1) is 0 Å². The van der Waals surface area contributed by atoms with Gasteiger partial charge in [0.05, 0.1) is 22.4 Å². The van der Waals surface area contributed by atoms with Crippen LogP contribution in [0.25, 0.3) is 93.2 Å². The van der Waals surface area contributed by atoms with Gasteiger partial charge in [-0.05, 0) is 109 Å². The standard InChI is InChI=1S/C54H34N2/c1-2-14-35(15-3-1)42-21-8-10-25-50(42)56-51-26-11-9-23-45(51)47-33-40(29-31-52(47)56)55(49-27-13-18-36-16-4-6-20-41(36)49)39-28-30-44-46-24-12-19-38-32-37-17-5-7-22-43(37)54(53(38)46)48(44)34-39/h1-34H. The lowest BCUT2D eigenvalue weighted by Crippen LogP contribution is -2.10. The number of rotatable bonds is 5. The highest BCUT2D eigenvalue weighted by Gasteiger charge is 2.26. The summed E-state index contributed by atoms with van der Waals surface area (Å²) in [7, 11) is 0. The Hall–Kier alpha value is -7.42. The molecule has 0 atom stereocenters. The molecule has 56 heavy (non-hydrogen) atoms. The number of para-hydroxylation sites is 2. The Morgan fingerprint density at radius 3 is 1.89 bits per heavy atom. The minimum absolute atomic E-state index is 1.12. The van der Waals surface area contributed by atoms with Gasteiger partial charge in [-0.2, -0.15) is 0 Å². The first-order valence-electron chi connectivity index (χ1n) is 19.4. The Morgan fingerprint density at radius 1 is 0.339 bits per heavy atom. The van der Waals surface area contributed by atoms with Crippen LogP contribution < -0.4 is 4.90 Å². The SMILES string of the molecule is c1ccc(-c2ccccc2-n2c3ccccc3c3cc(N(c4ccc5c(c4)-c4c6ccccc6cc6cccc-5c46)c4cccc5ccccc45)ccc32)cc1. The quantitative estimate of drug-likeness (QED) is 0.161. The summed E-state index contributed by atoms with van der Waals surface area (Å²) in [6.45, 7) is 0. The first-order valence-corrected chi connectivity index (χ1v) is 19.4. The van der Waals surface area contributed by atoms with Gasteiger partial charge in [0.1, 0.15) is 0 Å². The molecule has 260 valence electrons. The lowest BCUT2D eigenvalue weighted by Gasteiger charge is -2.28. The van der Waals surface area contributed by atoms with Crippen LogP contribution in [-0.2, 0) is 0 Å². The van der Waals surface area contributed by atoms with Crippen molar-refractivity contribution in [2.75, 3.05) is 4.90 Å². The number of nitrogens with zero attached hydrogens (tertiary/aromatic N) is 2. The van der Waals surface area contributed by atoms with Crippen molar-refractivity contribution in [1.82, 2.24) is 4.57 Å².